The lowest BCUT2D eigenvalue weighted by Gasteiger charge is -2.10. The smallest absolute Gasteiger partial charge is 0.266 e. The number of amides is 1. The number of carbonyl (C=O) groups excluding carboxylic acids is 1. The van der Waals surface area contributed by atoms with E-state index < -0.39 is 5.91 Å². The number of hydrogen-bond donors (Lipinski definition) is 1. The normalized spacial score (nSPS) is 11.3. The van der Waals surface area contributed by atoms with E-state index in [4.69, 9.17) is 4.74 Å². The van der Waals surface area contributed by atoms with Crippen LogP contribution in [0.3, 0.4) is 0 Å². The van der Waals surface area contributed by atoms with Gasteiger partial charge in [-0.05, 0) is 61.7 Å². The molecule has 0 aliphatic carbocycles. The number of rotatable bonds is 7. The van der Waals surface area contributed by atoms with Crippen LogP contribution in [0.2, 0.25) is 0 Å². The van der Waals surface area contributed by atoms with E-state index in [2.05, 4.69) is 16.0 Å². The summed E-state index contributed by atoms with van der Waals surface area (Å²) in [5, 5.41) is 13.6. The van der Waals surface area contributed by atoms with E-state index in [0.717, 1.165) is 38.9 Å². The minimum absolute atomic E-state index is 0.0555. The van der Waals surface area contributed by atoms with Crippen molar-refractivity contribution in [2.45, 2.75) is 27.3 Å². The van der Waals surface area contributed by atoms with Gasteiger partial charge in [-0.3, -0.25) is 4.79 Å². The quantitative estimate of drug-likeness (QED) is 0.270. The summed E-state index contributed by atoms with van der Waals surface area (Å²) in [5.74, 6) is 0.449. The number of carbonyl (C=O) groups is 1. The molecule has 3 aromatic carbocycles. The minimum Gasteiger partial charge on any atom is -0.491 e. The Balaban J connectivity index is 1.58. The van der Waals surface area contributed by atoms with Gasteiger partial charge >= 0.3 is 0 Å². The maximum atomic E-state index is 12.9. The third kappa shape index (κ3) is 5.02. The average Bonchev–Trinajstić information content (AvgIpc) is 3.18. The van der Waals surface area contributed by atoms with Crippen molar-refractivity contribution in [3.63, 3.8) is 0 Å². The number of aromatic nitrogens is 1. The third-order valence-electron chi connectivity index (χ3n) is 5.81. The van der Waals surface area contributed by atoms with Crippen molar-refractivity contribution in [3.05, 3.63) is 101 Å². The average molecular weight is 450 g/mol. The van der Waals surface area contributed by atoms with Crippen LogP contribution < -0.4 is 10.1 Å². The summed E-state index contributed by atoms with van der Waals surface area (Å²) >= 11 is 0. The van der Waals surface area contributed by atoms with Crippen molar-refractivity contribution in [1.29, 1.82) is 5.26 Å². The Morgan fingerprint density at radius 1 is 1.03 bits per heavy atom. The second-order valence-corrected chi connectivity index (χ2v) is 8.35. The number of fused-ring (bicyclic) bond motifs is 1. The summed E-state index contributed by atoms with van der Waals surface area (Å²) in [6.07, 6.45) is 3.62. The van der Waals surface area contributed by atoms with Crippen LogP contribution in [0, 0.1) is 32.1 Å². The summed E-state index contributed by atoms with van der Waals surface area (Å²) in [5.41, 5.74) is 5.69. The van der Waals surface area contributed by atoms with Crippen molar-refractivity contribution in [2.75, 3.05) is 11.9 Å². The van der Waals surface area contributed by atoms with Crippen LogP contribution in [0.4, 0.5) is 5.69 Å². The van der Waals surface area contributed by atoms with Gasteiger partial charge in [0, 0.05) is 28.4 Å². The molecule has 1 aromatic heterocycles. The van der Waals surface area contributed by atoms with Gasteiger partial charge in [-0.15, -0.1) is 0 Å². The molecule has 1 heterocycles. The molecule has 0 saturated heterocycles. The molecule has 0 fully saturated rings. The van der Waals surface area contributed by atoms with Crippen molar-refractivity contribution in [3.8, 4) is 11.8 Å². The molecular weight excluding hydrogens is 422 g/mol. The zero-order valence-electron chi connectivity index (χ0n) is 19.6. The molecule has 1 amide bonds. The molecule has 4 aromatic rings. The lowest BCUT2D eigenvalue weighted by atomic mass is 10.1. The first-order valence-corrected chi connectivity index (χ1v) is 11.2. The van der Waals surface area contributed by atoms with E-state index >= 15 is 0 Å². The Morgan fingerprint density at radius 2 is 1.79 bits per heavy atom. The fourth-order valence-corrected chi connectivity index (χ4v) is 3.91. The summed E-state index contributed by atoms with van der Waals surface area (Å²) in [6.45, 7) is 7.06. The molecule has 0 spiro atoms. The van der Waals surface area contributed by atoms with Gasteiger partial charge in [0.25, 0.3) is 5.91 Å². The Kier molecular flexibility index (Phi) is 6.79. The molecule has 0 radical (unpaired) electrons. The van der Waals surface area contributed by atoms with Crippen molar-refractivity contribution in [2.24, 2.45) is 0 Å². The van der Waals surface area contributed by atoms with E-state index in [1.54, 1.807) is 6.08 Å². The van der Waals surface area contributed by atoms with Gasteiger partial charge in [-0.1, -0.05) is 48.5 Å². The van der Waals surface area contributed by atoms with Gasteiger partial charge in [0.1, 0.15) is 24.0 Å². The van der Waals surface area contributed by atoms with Gasteiger partial charge in [0.15, 0.2) is 0 Å². The molecule has 0 saturated carbocycles. The van der Waals surface area contributed by atoms with E-state index in [0.29, 0.717) is 18.8 Å². The van der Waals surface area contributed by atoms with Crippen LogP contribution >= 0.6 is 0 Å². The highest BCUT2D eigenvalue weighted by molar-refractivity contribution is 6.11. The number of anilines is 1. The first kappa shape index (κ1) is 22.9. The number of nitrogens with one attached hydrogen (secondary N) is 1. The zero-order chi connectivity index (χ0) is 24.1. The molecule has 0 atom stereocenters. The number of ether oxygens (including phenoxy) is 1. The minimum atomic E-state index is -0.420. The van der Waals surface area contributed by atoms with Crippen molar-refractivity contribution in [1.82, 2.24) is 4.57 Å². The molecular formula is C29H27N3O2. The maximum Gasteiger partial charge on any atom is 0.266 e. The van der Waals surface area contributed by atoms with E-state index in [-0.39, 0.29) is 5.57 Å². The Morgan fingerprint density at radius 3 is 2.59 bits per heavy atom. The second-order valence-electron chi connectivity index (χ2n) is 8.35. The highest BCUT2D eigenvalue weighted by Gasteiger charge is 2.14. The number of hydrogen-bond acceptors (Lipinski definition) is 3. The number of aryl methyl sites for hydroxylation is 3. The second kappa shape index (κ2) is 10.1. The van der Waals surface area contributed by atoms with Crippen molar-refractivity contribution >= 4 is 28.6 Å². The van der Waals surface area contributed by atoms with E-state index in [9.17, 15) is 10.1 Å². The zero-order valence-corrected chi connectivity index (χ0v) is 19.6. The SMILES string of the molecule is Cc1ccc(C)c(NC(=O)/C(C#N)=C/c2cn(CCOc3ccccc3C)c3ccccc23)c1. The third-order valence-corrected chi connectivity index (χ3v) is 5.81. The van der Waals surface area contributed by atoms with Gasteiger partial charge in [-0.25, -0.2) is 0 Å². The molecule has 0 bridgehead atoms. The van der Waals surface area contributed by atoms with Crippen LogP contribution in [0.25, 0.3) is 17.0 Å². The lowest BCUT2D eigenvalue weighted by Crippen LogP contribution is -2.14. The maximum absolute atomic E-state index is 12.9. The molecule has 0 aliphatic rings. The predicted molar refractivity (Wildman–Crippen MR) is 137 cm³/mol. The van der Waals surface area contributed by atoms with E-state index in [1.165, 1.54) is 0 Å². The highest BCUT2D eigenvalue weighted by atomic mass is 16.5. The fraction of sp³-hybridized carbons (Fsp3) is 0.172. The number of nitriles is 1. The monoisotopic (exact) mass is 449 g/mol. The molecule has 170 valence electrons. The van der Waals surface area contributed by atoms with Crippen molar-refractivity contribution < 1.29 is 9.53 Å². The van der Waals surface area contributed by atoms with Gasteiger partial charge in [0.2, 0.25) is 0 Å². The Labute approximate surface area is 199 Å². The highest BCUT2D eigenvalue weighted by Crippen LogP contribution is 2.25. The standard InChI is InChI=1S/C29H27N3O2/c1-20-12-13-21(2)26(16-20)31-29(33)23(18-30)17-24-19-32(27-10-6-5-9-25(24)27)14-15-34-28-11-7-4-8-22(28)3/h4-13,16-17,19H,14-15H2,1-3H3,(H,31,33)/b23-17+. The molecule has 0 aliphatic heterocycles. The lowest BCUT2D eigenvalue weighted by molar-refractivity contribution is -0.112. The van der Waals surface area contributed by atoms with Crippen LogP contribution in [0.5, 0.6) is 5.75 Å². The van der Waals surface area contributed by atoms with Gasteiger partial charge < -0.3 is 14.6 Å². The molecule has 4 rings (SSSR count). The topological polar surface area (TPSA) is 67.0 Å². The van der Waals surface area contributed by atoms with Crippen LogP contribution in [0.1, 0.15) is 22.3 Å². The largest absolute Gasteiger partial charge is 0.491 e. The summed E-state index contributed by atoms with van der Waals surface area (Å²) in [7, 11) is 0. The van der Waals surface area contributed by atoms with E-state index in [1.807, 2.05) is 93.7 Å². The Bertz CT molecular complexity index is 1420. The molecule has 5 heteroatoms. The molecule has 1 N–H and O–H groups in total. The van der Waals surface area contributed by atoms with Crippen LogP contribution in [-0.4, -0.2) is 17.1 Å². The molecule has 5 nitrogen and oxygen atoms in total. The summed E-state index contributed by atoms with van der Waals surface area (Å²) in [4.78, 5) is 12.9. The van der Waals surface area contributed by atoms with Crippen LogP contribution in [0.15, 0.2) is 78.5 Å². The van der Waals surface area contributed by atoms with Gasteiger partial charge in [-0.2, -0.15) is 5.26 Å². The predicted octanol–water partition coefficient (Wildman–Crippen LogP) is 6.19. The van der Waals surface area contributed by atoms with Crippen LogP contribution in [-0.2, 0) is 11.3 Å². The summed E-state index contributed by atoms with van der Waals surface area (Å²) < 4.78 is 8.07. The number of para-hydroxylation sites is 2. The molecule has 0 unspecified atom stereocenters. The first-order valence-electron chi connectivity index (χ1n) is 11.2. The van der Waals surface area contributed by atoms with Gasteiger partial charge in [0.05, 0.1) is 6.54 Å². The molecule has 34 heavy (non-hydrogen) atoms. The first-order chi connectivity index (χ1) is 16.5. The summed E-state index contributed by atoms with van der Waals surface area (Å²) in [6, 6.07) is 23.8. The number of benzene rings is 3. The number of nitrogens with zero attached hydrogens (tertiary/aromatic N) is 2. The fourth-order valence-electron chi connectivity index (χ4n) is 3.91. The Hall–Kier alpha value is -4.30.